The molecule has 0 bridgehead atoms. The molecule has 2 heterocycles. The normalized spacial score (nSPS) is 10.7. The molecular weight excluding hydrogens is 236 g/mol. The van der Waals surface area contributed by atoms with Crippen LogP contribution in [0.4, 0.5) is 0 Å². The smallest absolute Gasteiger partial charge is 0.251 e. The van der Waals surface area contributed by atoms with Gasteiger partial charge in [-0.15, -0.1) is 11.3 Å². The first-order valence-corrected chi connectivity index (χ1v) is 6.30. The molecule has 1 N–H and O–H groups in total. The van der Waals surface area contributed by atoms with Gasteiger partial charge in [-0.3, -0.25) is 4.79 Å². The largest absolute Gasteiger partial charge is 0.374 e. The molecule has 0 aliphatic rings. The summed E-state index contributed by atoms with van der Waals surface area (Å²) in [6, 6.07) is 3.54. The number of rotatable bonds is 4. The number of aromatic nitrogens is 2. The minimum atomic E-state index is -0.145. The van der Waals surface area contributed by atoms with Gasteiger partial charge in [-0.1, -0.05) is 0 Å². The minimum Gasteiger partial charge on any atom is -0.374 e. The van der Waals surface area contributed by atoms with Crippen molar-refractivity contribution < 1.29 is 4.74 Å². The SMILES string of the molecule is CCOCc1nc(-c2csc(C)c2)cc(=O)[nH]1. The van der Waals surface area contributed by atoms with Crippen LogP contribution in [0.25, 0.3) is 11.3 Å². The van der Waals surface area contributed by atoms with Gasteiger partial charge in [0.25, 0.3) is 5.56 Å². The lowest BCUT2D eigenvalue weighted by Gasteiger charge is -2.02. The summed E-state index contributed by atoms with van der Waals surface area (Å²) in [6.07, 6.45) is 0. The molecule has 5 heteroatoms. The average molecular weight is 250 g/mol. The lowest BCUT2D eigenvalue weighted by Crippen LogP contribution is -2.12. The van der Waals surface area contributed by atoms with Crippen LogP contribution >= 0.6 is 11.3 Å². The van der Waals surface area contributed by atoms with Crippen molar-refractivity contribution in [3.8, 4) is 11.3 Å². The topological polar surface area (TPSA) is 55.0 Å². The summed E-state index contributed by atoms with van der Waals surface area (Å²) in [4.78, 5) is 19.8. The van der Waals surface area contributed by atoms with E-state index in [4.69, 9.17) is 4.74 Å². The molecule has 2 aromatic heterocycles. The molecule has 2 aromatic rings. The number of nitrogens with one attached hydrogen (secondary N) is 1. The maximum Gasteiger partial charge on any atom is 0.251 e. The third kappa shape index (κ3) is 3.01. The van der Waals surface area contributed by atoms with Gasteiger partial charge < -0.3 is 9.72 Å². The van der Waals surface area contributed by atoms with E-state index in [1.165, 1.54) is 10.9 Å². The number of hydrogen-bond donors (Lipinski definition) is 1. The first-order valence-electron chi connectivity index (χ1n) is 5.42. The van der Waals surface area contributed by atoms with Crippen LogP contribution in [-0.4, -0.2) is 16.6 Å². The molecule has 2 rings (SSSR count). The van der Waals surface area contributed by atoms with E-state index in [0.29, 0.717) is 24.7 Å². The van der Waals surface area contributed by atoms with Crippen LogP contribution in [0.1, 0.15) is 17.6 Å². The zero-order chi connectivity index (χ0) is 12.3. The summed E-state index contributed by atoms with van der Waals surface area (Å²) in [6.45, 7) is 4.88. The van der Waals surface area contributed by atoms with Gasteiger partial charge in [-0.05, 0) is 19.9 Å². The van der Waals surface area contributed by atoms with Crippen molar-refractivity contribution in [2.45, 2.75) is 20.5 Å². The number of thiophene rings is 1. The van der Waals surface area contributed by atoms with Crippen LogP contribution in [0.3, 0.4) is 0 Å². The fourth-order valence-electron chi connectivity index (χ4n) is 1.50. The summed E-state index contributed by atoms with van der Waals surface area (Å²) in [7, 11) is 0. The second kappa shape index (κ2) is 5.25. The number of hydrogen-bond acceptors (Lipinski definition) is 4. The Kier molecular flexibility index (Phi) is 3.71. The van der Waals surface area contributed by atoms with Crippen molar-refractivity contribution in [1.29, 1.82) is 0 Å². The van der Waals surface area contributed by atoms with E-state index in [1.54, 1.807) is 11.3 Å². The second-order valence-corrected chi connectivity index (χ2v) is 4.78. The molecular formula is C12H14N2O2S. The molecule has 0 amide bonds. The molecule has 90 valence electrons. The lowest BCUT2D eigenvalue weighted by atomic mass is 10.2. The lowest BCUT2D eigenvalue weighted by molar-refractivity contribution is 0.128. The maximum atomic E-state index is 11.5. The standard InChI is InChI=1S/C12H14N2O2S/c1-3-16-6-11-13-10(5-12(15)14-11)9-4-8(2)17-7-9/h4-5,7H,3,6H2,1-2H3,(H,13,14,15). The second-order valence-electron chi connectivity index (χ2n) is 3.66. The number of aromatic amines is 1. The summed E-state index contributed by atoms with van der Waals surface area (Å²) in [5.74, 6) is 0.568. The van der Waals surface area contributed by atoms with Gasteiger partial charge in [0.2, 0.25) is 0 Å². The van der Waals surface area contributed by atoms with E-state index in [2.05, 4.69) is 9.97 Å². The Hall–Kier alpha value is -1.46. The summed E-state index contributed by atoms with van der Waals surface area (Å²) in [5, 5.41) is 2.00. The summed E-state index contributed by atoms with van der Waals surface area (Å²) in [5.41, 5.74) is 1.54. The highest BCUT2D eigenvalue weighted by Gasteiger charge is 2.05. The molecule has 0 aliphatic carbocycles. The van der Waals surface area contributed by atoms with Gasteiger partial charge in [0, 0.05) is 28.5 Å². The van der Waals surface area contributed by atoms with Crippen molar-refractivity contribution in [3.05, 3.63) is 38.6 Å². The zero-order valence-corrected chi connectivity index (χ0v) is 10.6. The van der Waals surface area contributed by atoms with Crippen LogP contribution in [0.5, 0.6) is 0 Å². The predicted octanol–water partition coefficient (Wildman–Crippen LogP) is 2.34. The number of H-pyrrole nitrogens is 1. The van der Waals surface area contributed by atoms with Gasteiger partial charge >= 0.3 is 0 Å². The fourth-order valence-corrected chi connectivity index (χ4v) is 2.20. The first kappa shape index (κ1) is 12.0. The Morgan fingerprint density at radius 2 is 2.29 bits per heavy atom. The Labute approximate surface area is 103 Å². The van der Waals surface area contributed by atoms with Crippen molar-refractivity contribution in [1.82, 2.24) is 9.97 Å². The first-order chi connectivity index (χ1) is 8.19. The van der Waals surface area contributed by atoms with E-state index in [-0.39, 0.29) is 5.56 Å². The number of nitrogens with zero attached hydrogens (tertiary/aromatic N) is 1. The van der Waals surface area contributed by atoms with Gasteiger partial charge in [0.05, 0.1) is 5.69 Å². The molecule has 0 spiro atoms. The Balaban J connectivity index is 2.34. The predicted molar refractivity (Wildman–Crippen MR) is 68.2 cm³/mol. The van der Waals surface area contributed by atoms with Crippen molar-refractivity contribution >= 4 is 11.3 Å². The minimum absolute atomic E-state index is 0.145. The molecule has 17 heavy (non-hydrogen) atoms. The zero-order valence-electron chi connectivity index (χ0n) is 9.82. The van der Waals surface area contributed by atoms with E-state index in [9.17, 15) is 4.79 Å². The molecule has 0 saturated carbocycles. The molecule has 0 atom stereocenters. The summed E-state index contributed by atoms with van der Waals surface area (Å²) >= 11 is 1.65. The fraction of sp³-hybridized carbons (Fsp3) is 0.333. The van der Waals surface area contributed by atoms with Crippen molar-refractivity contribution in [3.63, 3.8) is 0 Å². The highest BCUT2D eigenvalue weighted by Crippen LogP contribution is 2.22. The molecule has 0 aromatic carbocycles. The Bertz CT molecular complexity index is 560. The van der Waals surface area contributed by atoms with E-state index in [0.717, 1.165) is 5.56 Å². The van der Waals surface area contributed by atoms with Crippen LogP contribution in [-0.2, 0) is 11.3 Å². The quantitative estimate of drug-likeness (QED) is 0.906. The van der Waals surface area contributed by atoms with Gasteiger partial charge in [-0.25, -0.2) is 4.98 Å². The molecule has 0 unspecified atom stereocenters. The van der Waals surface area contributed by atoms with Crippen molar-refractivity contribution in [2.24, 2.45) is 0 Å². The van der Waals surface area contributed by atoms with E-state index < -0.39 is 0 Å². The van der Waals surface area contributed by atoms with E-state index >= 15 is 0 Å². The van der Waals surface area contributed by atoms with Crippen LogP contribution in [0, 0.1) is 6.92 Å². The molecule has 0 aliphatic heterocycles. The molecule has 4 nitrogen and oxygen atoms in total. The monoisotopic (exact) mass is 250 g/mol. The average Bonchev–Trinajstić information content (AvgIpc) is 2.72. The Morgan fingerprint density at radius 1 is 1.47 bits per heavy atom. The van der Waals surface area contributed by atoms with Crippen LogP contribution < -0.4 is 5.56 Å². The van der Waals surface area contributed by atoms with Gasteiger partial charge in [0.1, 0.15) is 12.4 Å². The van der Waals surface area contributed by atoms with Gasteiger partial charge in [-0.2, -0.15) is 0 Å². The third-order valence-corrected chi connectivity index (χ3v) is 3.12. The highest BCUT2D eigenvalue weighted by molar-refractivity contribution is 7.10. The third-order valence-electron chi connectivity index (χ3n) is 2.26. The molecule has 0 saturated heterocycles. The van der Waals surface area contributed by atoms with Crippen LogP contribution in [0.2, 0.25) is 0 Å². The van der Waals surface area contributed by atoms with Gasteiger partial charge in [0.15, 0.2) is 0 Å². The van der Waals surface area contributed by atoms with Crippen LogP contribution in [0.15, 0.2) is 22.3 Å². The number of aryl methyl sites for hydroxylation is 1. The summed E-state index contributed by atoms with van der Waals surface area (Å²) < 4.78 is 5.24. The highest BCUT2D eigenvalue weighted by atomic mass is 32.1. The molecule has 0 fully saturated rings. The maximum absolute atomic E-state index is 11.5. The van der Waals surface area contributed by atoms with E-state index in [1.807, 2.05) is 25.3 Å². The molecule has 0 radical (unpaired) electrons. The van der Waals surface area contributed by atoms with Crippen molar-refractivity contribution in [2.75, 3.05) is 6.61 Å². The number of ether oxygens (including phenoxy) is 1. The Morgan fingerprint density at radius 3 is 2.94 bits per heavy atom.